The minimum absolute atomic E-state index is 0.123. The molecule has 0 unspecified atom stereocenters. The number of nitrogens with zero attached hydrogens (tertiary/aromatic N) is 2. The van der Waals surface area contributed by atoms with E-state index in [1.165, 1.54) is 0 Å². The van der Waals surface area contributed by atoms with E-state index in [2.05, 4.69) is 10.3 Å². The minimum atomic E-state index is -0.123. The Labute approximate surface area is 132 Å². The Balaban J connectivity index is 1.93. The van der Waals surface area contributed by atoms with Crippen LogP contribution in [-0.2, 0) is 11.3 Å². The van der Waals surface area contributed by atoms with E-state index in [1.807, 2.05) is 11.9 Å². The summed E-state index contributed by atoms with van der Waals surface area (Å²) in [4.78, 5) is 19.1. The fourth-order valence-corrected chi connectivity index (χ4v) is 2.70. The highest BCUT2D eigenvalue weighted by molar-refractivity contribution is 7.09. The average molecular weight is 326 g/mol. The topological polar surface area (TPSA) is 54.5 Å². The number of rotatable bonds is 6. The molecule has 5 nitrogen and oxygen atoms in total. The van der Waals surface area contributed by atoms with Gasteiger partial charge in [0, 0.05) is 22.6 Å². The standard InChI is InChI=1S/C14H16ClN3O2S/c1-18(7-11-6-16-9-21-11)8-14(19)17-12-5-10(15)3-4-13(12)20-2/h3-6,9H,7-8H2,1-2H3,(H,17,19). The second-order valence-electron chi connectivity index (χ2n) is 4.53. The van der Waals surface area contributed by atoms with Crippen LogP contribution in [0.15, 0.2) is 29.9 Å². The van der Waals surface area contributed by atoms with Crippen molar-refractivity contribution in [2.45, 2.75) is 6.54 Å². The maximum Gasteiger partial charge on any atom is 0.238 e. The van der Waals surface area contributed by atoms with E-state index in [4.69, 9.17) is 16.3 Å². The molecule has 0 spiro atoms. The molecule has 0 fully saturated rings. The van der Waals surface area contributed by atoms with Crippen molar-refractivity contribution in [3.8, 4) is 5.75 Å². The molecule has 112 valence electrons. The molecule has 0 saturated carbocycles. The lowest BCUT2D eigenvalue weighted by Gasteiger charge is -2.16. The van der Waals surface area contributed by atoms with E-state index >= 15 is 0 Å². The fourth-order valence-electron chi connectivity index (χ4n) is 1.85. The molecule has 2 rings (SSSR count). The predicted molar refractivity (Wildman–Crippen MR) is 85.1 cm³/mol. The van der Waals surface area contributed by atoms with Gasteiger partial charge in [0.1, 0.15) is 5.75 Å². The molecule has 1 aromatic carbocycles. The first-order chi connectivity index (χ1) is 10.1. The highest BCUT2D eigenvalue weighted by atomic mass is 35.5. The number of anilines is 1. The van der Waals surface area contributed by atoms with Gasteiger partial charge in [-0.3, -0.25) is 14.7 Å². The van der Waals surface area contributed by atoms with Gasteiger partial charge in [-0.2, -0.15) is 0 Å². The van der Waals surface area contributed by atoms with Crippen molar-refractivity contribution in [3.05, 3.63) is 39.8 Å². The van der Waals surface area contributed by atoms with Crippen LogP contribution >= 0.6 is 22.9 Å². The fraction of sp³-hybridized carbons (Fsp3) is 0.286. The van der Waals surface area contributed by atoms with Crippen molar-refractivity contribution < 1.29 is 9.53 Å². The first-order valence-electron chi connectivity index (χ1n) is 6.28. The van der Waals surface area contributed by atoms with Crippen LogP contribution in [0.25, 0.3) is 0 Å². The van der Waals surface area contributed by atoms with Crippen LogP contribution in [0.5, 0.6) is 5.75 Å². The Morgan fingerprint density at radius 2 is 2.33 bits per heavy atom. The lowest BCUT2D eigenvalue weighted by atomic mass is 10.3. The van der Waals surface area contributed by atoms with Crippen molar-refractivity contribution in [1.82, 2.24) is 9.88 Å². The number of halogens is 1. The molecule has 0 aliphatic heterocycles. The Hall–Kier alpha value is -1.63. The number of carbonyl (C=O) groups excluding carboxylic acids is 1. The molecule has 2 aromatic rings. The van der Waals surface area contributed by atoms with Gasteiger partial charge in [0.05, 0.1) is 24.9 Å². The molecule has 0 bridgehead atoms. The van der Waals surface area contributed by atoms with Gasteiger partial charge in [0.25, 0.3) is 0 Å². The van der Waals surface area contributed by atoms with E-state index in [0.717, 1.165) is 4.88 Å². The third kappa shape index (κ3) is 4.70. The summed E-state index contributed by atoms with van der Waals surface area (Å²) in [5.74, 6) is 0.459. The quantitative estimate of drug-likeness (QED) is 0.887. The van der Waals surface area contributed by atoms with Gasteiger partial charge in [-0.1, -0.05) is 11.6 Å². The molecule has 0 radical (unpaired) electrons. The van der Waals surface area contributed by atoms with Gasteiger partial charge < -0.3 is 10.1 Å². The molecule has 0 atom stereocenters. The number of amides is 1. The predicted octanol–water partition coefficient (Wildman–Crippen LogP) is 2.88. The van der Waals surface area contributed by atoms with E-state index in [-0.39, 0.29) is 12.5 Å². The number of thiazole rings is 1. The van der Waals surface area contributed by atoms with E-state index in [9.17, 15) is 4.79 Å². The van der Waals surface area contributed by atoms with Crippen LogP contribution in [0.3, 0.4) is 0 Å². The first kappa shape index (κ1) is 15.8. The smallest absolute Gasteiger partial charge is 0.238 e. The lowest BCUT2D eigenvalue weighted by Crippen LogP contribution is -2.29. The highest BCUT2D eigenvalue weighted by Gasteiger charge is 2.11. The summed E-state index contributed by atoms with van der Waals surface area (Å²) in [5.41, 5.74) is 2.35. The molecule has 0 saturated heterocycles. The maximum absolute atomic E-state index is 12.1. The monoisotopic (exact) mass is 325 g/mol. The summed E-state index contributed by atoms with van der Waals surface area (Å²) in [5, 5.41) is 3.36. The molecule has 1 amide bonds. The first-order valence-corrected chi connectivity index (χ1v) is 7.53. The van der Waals surface area contributed by atoms with Crippen molar-refractivity contribution in [3.63, 3.8) is 0 Å². The number of ether oxygens (including phenoxy) is 1. The summed E-state index contributed by atoms with van der Waals surface area (Å²) >= 11 is 7.50. The zero-order chi connectivity index (χ0) is 15.2. The summed E-state index contributed by atoms with van der Waals surface area (Å²) < 4.78 is 5.20. The molecule has 1 heterocycles. The summed E-state index contributed by atoms with van der Waals surface area (Å²) in [6.07, 6.45) is 1.80. The second-order valence-corrected chi connectivity index (χ2v) is 5.94. The van der Waals surface area contributed by atoms with E-state index < -0.39 is 0 Å². The van der Waals surface area contributed by atoms with Crippen LogP contribution in [-0.4, -0.2) is 36.5 Å². The van der Waals surface area contributed by atoms with Crippen molar-refractivity contribution >= 4 is 34.5 Å². The number of likely N-dealkylation sites (N-methyl/N-ethyl adjacent to an activating group) is 1. The molecule has 0 aliphatic carbocycles. The minimum Gasteiger partial charge on any atom is -0.495 e. The van der Waals surface area contributed by atoms with Crippen LogP contribution in [0.2, 0.25) is 5.02 Å². The van der Waals surface area contributed by atoms with Crippen LogP contribution < -0.4 is 10.1 Å². The van der Waals surface area contributed by atoms with Gasteiger partial charge in [-0.15, -0.1) is 11.3 Å². The van der Waals surface area contributed by atoms with Crippen molar-refractivity contribution in [2.75, 3.05) is 26.0 Å². The number of methoxy groups -OCH3 is 1. The molecular formula is C14H16ClN3O2S. The van der Waals surface area contributed by atoms with Gasteiger partial charge >= 0.3 is 0 Å². The highest BCUT2D eigenvalue weighted by Crippen LogP contribution is 2.27. The number of aromatic nitrogens is 1. The second kappa shape index (κ2) is 7.40. The molecular weight excluding hydrogens is 310 g/mol. The normalized spacial score (nSPS) is 10.7. The third-order valence-electron chi connectivity index (χ3n) is 2.76. The Morgan fingerprint density at radius 3 is 3.00 bits per heavy atom. The average Bonchev–Trinajstić information content (AvgIpc) is 2.91. The summed E-state index contributed by atoms with van der Waals surface area (Å²) in [7, 11) is 3.43. The molecule has 0 aliphatic rings. The van der Waals surface area contributed by atoms with Gasteiger partial charge in [-0.25, -0.2) is 0 Å². The summed E-state index contributed by atoms with van der Waals surface area (Å²) in [6.45, 7) is 0.957. The molecule has 21 heavy (non-hydrogen) atoms. The van der Waals surface area contributed by atoms with E-state index in [1.54, 1.807) is 48.4 Å². The lowest BCUT2D eigenvalue weighted by molar-refractivity contribution is -0.117. The largest absolute Gasteiger partial charge is 0.495 e. The molecule has 7 heteroatoms. The van der Waals surface area contributed by atoms with Gasteiger partial charge in [0.15, 0.2) is 0 Å². The molecule has 1 aromatic heterocycles. The van der Waals surface area contributed by atoms with Gasteiger partial charge in [0.2, 0.25) is 5.91 Å². The third-order valence-corrected chi connectivity index (χ3v) is 3.76. The van der Waals surface area contributed by atoms with Crippen LogP contribution in [0.1, 0.15) is 4.88 Å². The number of hydrogen-bond donors (Lipinski definition) is 1. The number of carbonyl (C=O) groups is 1. The Bertz CT molecular complexity index is 604. The summed E-state index contributed by atoms with van der Waals surface area (Å²) in [6, 6.07) is 5.10. The van der Waals surface area contributed by atoms with Crippen molar-refractivity contribution in [1.29, 1.82) is 0 Å². The van der Waals surface area contributed by atoms with E-state index in [0.29, 0.717) is 23.0 Å². The van der Waals surface area contributed by atoms with Crippen LogP contribution in [0.4, 0.5) is 5.69 Å². The molecule has 1 N–H and O–H groups in total. The zero-order valence-electron chi connectivity index (χ0n) is 11.8. The number of benzene rings is 1. The number of nitrogens with one attached hydrogen (secondary N) is 1. The maximum atomic E-state index is 12.1. The van der Waals surface area contributed by atoms with Gasteiger partial charge in [-0.05, 0) is 25.2 Å². The van der Waals surface area contributed by atoms with Crippen molar-refractivity contribution in [2.24, 2.45) is 0 Å². The zero-order valence-corrected chi connectivity index (χ0v) is 13.4. The van der Waals surface area contributed by atoms with Crippen LogP contribution in [0, 0.1) is 0 Å². The SMILES string of the molecule is COc1ccc(Cl)cc1NC(=O)CN(C)Cc1cncs1. The Kier molecular flexibility index (Phi) is 5.55. The number of hydrogen-bond acceptors (Lipinski definition) is 5. The Morgan fingerprint density at radius 1 is 1.52 bits per heavy atom.